The summed E-state index contributed by atoms with van der Waals surface area (Å²) in [4.78, 5) is 90.4. The molecule has 0 unspecified atom stereocenters. The number of aliphatic carboxylic acids is 1. The maximum absolute atomic E-state index is 14.1. The number of benzene rings is 2. The van der Waals surface area contributed by atoms with Crippen LogP contribution in [-0.4, -0.2) is 88.7 Å². The van der Waals surface area contributed by atoms with Crippen molar-refractivity contribution in [2.45, 2.75) is 103 Å². The number of carboxylic acids is 1. The van der Waals surface area contributed by atoms with Crippen molar-refractivity contribution in [1.82, 2.24) is 20.9 Å². The van der Waals surface area contributed by atoms with Gasteiger partial charge in [-0.05, 0) is 54.0 Å². The first-order valence-electron chi connectivity index (χ1n) is 16.8. The molecule has 13 nitrogen and oxygen atoms in total. The molecule has 1 aliphatic heterocycles. The van der Waals surface area contributed by atoms with Crippen LogP contribution in [0.2, 0.25) is 0 Å². The predicted molar refractivity (Wildman–Crippen MR) is 181 cm³/mol. The molecule has 0 spiro atoms. The number of nitrogens with one attached hydrogen (secondary N) is 3. The number of likely N-dealkylation sites (tertiary alicyclic amines) is 1. The highest BCUT2D eigenvalue weighted by atomic mass is 16.5. The van der Waals surface area contributed by atoms with Crippen molar-refractivity contribution in [3.05, 3.63) is 48.0 Å². The van der Waals surface area contributed by atoms with Gasteiger partial charge in [0.05, 0.1) is 18.2 Å². The van der Waals surface area contributed by atoms with Gasteiger partial charge < -0.3 is 35.5 Å². The van der Waals surface area contributed by atoms with Gasteiger partial charge in [-0.25, -0.2) is 4.79 Å². The summed E-state index contributed by atoms with van der Waals surface area (Å²) in [5.41, 5.74) is 0.312. The van der Waals surface area contributed by atoms with Crippen LogP contribution in [-0.2, 0) is 33.5 Å². The summed E-state index contributed by atoms with van der Waals surface area (Å²) in [6.07, 6.45) is 0.723. The van der Waals surface area contributed by atoms with Gasteiger partial charge in [-0.15, -0.1) is 0 Å². The lowest BCUT2D eigenvalue weighted by molar-refractivity contribution is -0.143. The van der Waals surface area contributed by atoms with Crippen LogP contribution in [0.5, 0.6) is 0 Å². The zero-order valence-electron chi connectivity index (χ0n) is 28.8. The van der Waals surface area contributed by atoms with Crippen LogP contribution in [0.4, 0.5) is 0 Å². The topological polar surface area (TPSA) is 188 Å². The third-order valence-corrected chi connectivity index (χ3v) is 8.58. The molecule has 5 atom stereocenters. The van der Waals surface area contributed by atoms with Crippen LogP contribution in [0.1, 0.15) is 83.5 Å². The molecule has 2 aromatic rings. The van der Waals surface area contributed by atoms with E-state index in [2.05, 4.69) is 16.0 Å². The van der Waals surface area contributed by atoms with Gasteiger partial charge in [-0.3, -0.25) is 24.0 Å². The van der Waals surface area contributed by atoms with Gasteiger partial charge >= 0.3 is 11.9 Å². The molecule has 0 radical (unpaired) electrons. The van der Waals surface area contributed by atoms with Crippen molar-refractivity contribution in [3.8, 4) is 0 Å². The van der Waals surface area contributed by atoms with E-state index in [0.29, 0.717) is 31.1 Å². The van der Waals surface area contributed by atoms with Crippen molar-refractivity contribution >= 4 is 52.6 Å². The third-order valence-electron chi connectivity index (χ3n) is 8.58. The fourth-order valence-corrected chi connectivity index (χ4v) is 5.70. The number of amides is 4. The molecular formula is C36H48N4O9. The van der Waals surface area contributed by atoms with E-state index in [1.54, 1.807) is 52.8 Å². The summed E-state index contributed by atoms with van der Waals surface area (Å²) in [7, 11) is 0. The zero-order valence-corrected chi connectivity index (χ0v) is 28.8. The fourth-order valence-electron chi connectivity index (χ4n) is 5.70. The monoisotopic (exact) mass is 680 g/mol. The van der Waals surface area contributed by atoms with E-state index >= 15 is 0 Å². The van der Waals surface area contributed by atoms with E-state index in [-0.39, 0.29) is 31.7 Å². The average Bonchev–Trinajstić information content (AvgIpc) is 3.49. The number of carboxylic acid groups (broad SMARTS) is 1. The third kappa shape index (κ3) is 10.8. The Morgan fingerprint density at radius 3 is 2.16 bits per heavy atom. The minimum atomic E-state index is -1.10. The van der Waals surface area contributed by atoms with E-state index in [1.165, 1.54) is 4.90 Å². The van der Waals surface area contributed by atoms with Crippen LogP contribution in [0.25, 0.3) is 10.8 Å². The van der Waals surface area contributed by atoms with Crippen molar-refractivity contribution in [1.29, 1.82) is 0 Å². The number of carbonyl (C=O) groups is 7. The lowest BCUT2D eigenvalue weighted by atomic mass is 9.98. The van der Waals surface area contributed by atoms with E-state index in [0.717, 1.165) is 10.8 Å². The number of rotatable bonds is 17. The van der Waals surface area contributed by atoms with Crippen molar-refractivity contribution in [2.75, 3.05) is 6.54 Å². The van der Waals surface area contributed by atoms with E-state index in [1.807, 2.05) is 24.3 Å². The Hall–Kier alpha value is -4.81. The Kier molecular flexibility index (Phi) is 14.3. The maximum atomic E-state index is 14.1. The molecule has 0 aliphatic carbocycles. The van der Waals surface area contributed by atoms with Gasteiger partial charge in [-0.2, -0.15) is 0 Å². The number of esters is 1. The van der Waals surface area contributed by atoms with Crippen molar-refractivity contribution < 1.29 is 43.4 Å². The molecule has 3 rings (SSSR count). The van der Waals surface area contributed by atoms with Gasteiger partial charge in [0.1, 0.15) is 30.5 Å². The second kappa shape index (κ2) is 18.1. The van der Waals surface area contributed by atoms with Crippen LogP contribution in [0.15, 0.2) is 42.5 Å². The molecule has 266 valence electrons. The quantitative estimate of drug-likeness (QED) is 0.111. The molecule has 4 N–H and O–H groups in total. The molecule has 4 amide bonds. The molecule has 2 aromatic carbocycles. The van der Waals surface area contributed by atoms with Gasteiger partial charge in [-0.1, -0.05) is 65.0 Å². The van der Waals surface area contributed by atoms with E-state index < -0.39 is 71.8 Å². The SMILES string of the molecule is CC[C@@H](C=O)NC(=O)[C@@H]1C[C@@H](OC(=O)c2ccc3ccccc3c2)CN1C(=O)[C@@H](NC(=O)[C@H](NC(=O)CCCCC(=O)O)C(C)C)C(C)C. The van der Waals surface area contributed by atoms with Gasteiger partial charge in [0.2, 0.25) is 23.6 Å². The minimum absolute atomic E-state index is 0.0164. The minimum Gasteiger partial charge on any atom is -0.481 e. The standard InChI is InChI=1S/C36H48N4O9/c1-6-26(20-41)37-33(45)28-18-27(49-36(48)25-16-15-23-11-7-8-12-24(23)17-25)19-40(28)35(47)32(22(4)5)39-34(46)31(21(2)3)38-29(42)13-9-10-14-30(43)44/h7-8,11-12,15-17,20-22,26-28,31-32H,6,9-10,13-14,18-19H2,1-5H3,(H,37,45)(H,38,42)(H,39,46)(H,43,44)/t26-,27+,28-,31+,32-/m0/s1. The predicted octanol–water partition coefficient (Wildman–Crippen LogP) is 2.99. The lowest BCUT2D eigenvalue weighted by Gasteiger charge is -2.32. The number of hydrogen-bond acceptors (Lipinski definition) is 8. The molecule has 1 fully saturated rings. The van der Waals surface area contributed by atoms with Gasteiger partial charge in [0.25, 0.3) is 0 Å². The average molecular weight is 681 g/mol. The highest BCUT2D eigenvalue weighted by Crippen LogP contribution is 2.25. The Balaban J connectivity index is 1.79. The van der Waals surface area contributed by atoms with Gasteiger partial charge in [0, 0.05) is 19.3 Å². The lowest BCUT2D eigenvalue weighted by Crippen LogP contribution is -2.59. The number of unbranched alkanes of at least 4 members (excludes halogenated alkanes) is 1. The highest BCUT2D eigenvalue weighted by molar-refractivity contribution is 5.97. The molecule has 13 heteroatoms. The Bertz CT molecular complexity index is 1520. The van der Waals surface area contributed by atoms with Crippen LogP contribution >= 0.6 is 0 Å². The fraction of sp³-hybridized carbons (Fsp3) is 0.528. The molecule has 0 bridgehead atoms. The first-order chi connectivity index (χ1) is 23.2. The smallest absolute Gasteiger partial charge is 0.338 e. The Morgan fingerprint density at radius 2 is 1.55 bits per heavy atom. The highest BCUT2D eigenvalue weighted by Gasteiger charge is 2.45. The molecular weight excluding hydrogens is 632 g/mol. The largest absolute Gasteiger partial charge is 0.481 e. The first-order valence-corrected chi connectivity index (χ1v) is 16.8. The molecule has 49 heavy (non-hydrogen) atoms. The normalized spacial score (nSPS) is 17.7. The zero-order chi connectivity index (χ0) is 36.2. The number of nitrogens with zero attached hydrogens (tertiary/aromatic N) is 1. The van der Waals surface area contributed by atoms with Crippen molar-refractivity contribution in [2.24, 2.45) is 11.8 Å². The number of hydrogen-bond donors (Lipinski definition) is 4. The number of carbonyl (C=O) groups excluding carboxylic acids is 6. The molecule has 1 heterocycles. The van der Waals surface area contributed by atoms with Crippen LogP contribution in [0.3, 0.4) is 0 Å². The summed E-state index contributed by atoms with van der Waals surface area (Å²) in [5, 5.41) is 18.7. The summed E-state index contributed by atoms with van der Waals surface area (Å²) in [6, 6.07) is 8.77. The summed E-state index contributed by atoms with van der Waals surface area (Å²) in [6.45, 7) is 8.57. The summed E-state index contributed by atoms with van der Waals surface area (Å²) < 4.78 is 5.80. The Labute approximate surface area is 286 Å². The molecule has 1 aliphatic rings. The van der Waals surface area contributed by atoms with E-state index in [4.69, 9.17) is 9.84 Å². The van der Waals surface area contributed by atoms with Crippen molar-refractivity contribution in [3.63, 3.8) is 0 Å². The second-order valence-electron chi connectivity index (χ2n) is 13.1. The number of fused-ring (bicyclic) bond motifs is 1. The first kappa shape index (κ1) is 38.6. The number of aldehydes is 1. The Morgan fingerprint density at radius 1 is 0.898 bits per heavy atom. The molecule has 1 saturated heterocycles. The van der Waals surface area contributed by atoms with Crippen LogP contribution in [0, 0.1) is 11.8 Å². The van der Waals surface area contributed by atoms with E-state index in [9.17, 15) is 33.6 Å². The summed E-state index contributed by atoms with van der Waals surface area (Å²) in [5.74, 6) is -4.51. The maximum Gasteiger partial charge on any atom is 0.338 e. The second-order valence-corrected chi connectivity index (χ2v) is 13.1. The molecule has 0 saturated carbocycles. The van der Waals surface area contributed by atoms with Crippen LogP contribution < -0.4 is 16.0 Å². The summed E-state index contributed by atoms with van der Waals surface area (Å²) >= 11 is 0. The number of ether oxygens (including phenoxy) is 1. The molecule has 0 aromatic heterocycles. The van der Waals surface area contributed by atoms with Gasteiger partial charge in [0.15, 0.2) is 0 Å².